The Hall–Kier alpha value is -2.04. The van der Waals surface area contributed by atoms with Gasteiger partial charge in [-0.2, -0.15) is 0 Å². The number of benzene rings is 1. The third-order valence-electron chi connectivity index (χ3n) is 2.17. The van der Waals surface area contributed by atoms with Crippen LogP contribution in [0, 0.1) is 0 Å². The van der Waals surface area contributed by atoms with Crippen molar-refractivity contribution in [2.45, 2.75) is 6.54 Å². The summed E-state index contributed by atoms with van der Waals surface area (Å²) >= 11 is 0. The van der Waals surface area contributed by atoms with Gasteiger partial charge in [-0.25, -0.2) is 4.98 Å². The highest BCUT2D eigenvalue weighted by Gasteiger charge is 2.06. The molecule has 0 saturated carbocycles. The van der Waals surface area contributed by atoms with Gasteiger partial charge in [0.2, 0.25) is 0 Å². The molecule has 0 aliphatic rings. The molecule has 0 atom stereocenters. The zero-order chi connectivity index (χ0) is 10.8. The Morgan fingerprint density at radius 2 is 2.40 bits per heavy atom. The molecule has 0 saturated heterocycles. The van der Waals surface area contributed by atoms with Crippen molar-refractivity contribution in [3.05, 3.63) is 24.5 Å². The van der Waals surface area contributed by atoms with E-state index in [1.807, 2.05) is 6.07 Å². The van der Waals surface area contributed by atoms with Gasteiger partial charge in [-0.15, -0.1) is 0 Å². The maximum absolute atomic E-state index is 11.1. The molecular weight excluding hydrogens is 194 g/mol. The van der Waals surface area contributed by atoms with E-state index in [-0.39, 0.29) is 12.5 Å². The smallest absolute Gasteiger partial charge is 0.325 e. The van der Waals surface area contributed by atoms with Gasteiger partial charge in [0.15, 0.2) is 0 Å². The molecule has 1 aromatic carbocycles. The molecule has 5 heteroatoms. The zero-order valence-corrected chi connectivity index (χ0v) is 8.30. The van der Waals surface area contributed by atoms with Crippen LogP contribution >= 0.6 is 0 Å². The molecule has 0 unspecified atom stereocenters. The zero-order valence-electron chi connectivity index (χ0n) is 8.30. The van der Waals surface area contributed by atoms with E-state index in [2.05, 4.69) is 9.72 Å². The van der Waals surface area contributed by atoms with Gasteiger partial charge in [0.05, 0.1) is 24.5 Å². The predicted molar refractivity (Wildman–Crippen MR) is 56.2 cm³/mol. The first-order valence-electron chi connectivity index (χ1n) is 4.48. The number of nitrogens with two attached hydrogens (primary N) is 1. The third-order valence-corrected chi connectivity index (χ3v) is 2.17. The van der Waals surface area contributed by atoms with Gasteiger partial charge in [0.25, 0.3) is 0 Å². The van der Waals surface area contributed by atoms with Crippen molar-refractivity contribution in [3.8, 4) is 0 Å². The Balaban J connectivity index is 2.41. The van der Waals surface area contributed by atoms with Gasteiger partial charge in [-0.3, -0.25) is 4.79 Å². The monoisotopic (exact) mass is 205 g/mol. The number of hydrogen-bond acceptors (Lipinski definition) is 4. The first-order chi connectivity index (χ1) is 7.20. The van der Waals surface area contributed by atoms with Crippen molar-refractivity contribution in [2.24, 2.45) is 0 Å². The lowest BCUT2D eigenvalue weighted by Gasteiger charge is -2.02. The number of imidazole rings is 1. The standard InChI is InChI=1S/C10H11N3O2/c1-15-10(14)5-13-6-12-8-4-7(11)2-3-9(8)13/h2-4,6H,5,11H2,1H3. The number of aromatic nitrogens is 2. The SMILES string of the molecule is COC(=O)Cn1cnc2cc(N)ccc21. The maximum atomic E-state index is 11.1. The number of rotatable bonds is 2. The number of carbonyl (C=O) groups is 1. The third kappa shape index (κ3) is 1.76. The average molecular weight is 205 g/mol. The van der Waals surface area contributed by atoms with Crippen LogP contribution < -0.4 is 5.73 Å². The van der Waals surface area contributed by atoms with Gasteiger partial charge in [-0.1, -0.05) is 0 Å². The molecule has 1 aromatic heterocycles. The van der Waals surface area contributed by atoms with E-state index >= 15 is 0 Å². The first kappa shape index (κ1) is 9.51. The number of methoxy groups -OCH3 is 1. The van der Waals surface area contributed by atoms with Gasteiger partial charge in [-0.05, 0) is 18.2 Å². The minimum absolute atomic E-state index is 0.164. The lowest BCUT2D eigenvalue weighted by molar-refractivity contribution is -0.141. The molecule has 0 aliphatic heterocycles. The molecule has 0 radical (unpaired) electrons. The average Bonchev–Trinajstić information content (AvgIpc) is 2.60. The number of carbonyl (C=O) groups excluding carboxylic acids is 1. The van der Waals surface area contributed by atoms with E-state index in [1.165, 1.54) is 7.11 Å². The Kier molecular flexibility index (Phi) is 2.29. The normalized spacial score (nSPS) is 10.5. The van der Waals surface area contributed by atoms with Crippen molar-refractivity contribution in [1.82, 2.24) is 9.55 Å². The summed E-state index contributed by atoms with van der Waals surface area (Å²) in [4.78, 5) is 15.2. The largest absolute Gasteiger partial charge is 0.468 e. The molecule has 0 bridgehead atoms. The number of esters is 1. The Morgan fingerprint density at radius 3 is 3.13 bits per heavy atom. The minimum atomic E-state index is -0.300. The number of nitrogen functional groups attached to an aromatic ring is 1. The first-order valence-corrected chi connectivity index (χ1v) is 4.48. The summed E-state index contributed by atoms with van der Waals surface area (Å²) in [6, 6.07) is 5.38. The maximum Gasteiger partial charge on any atom is 0.325 e. The summed E-state index contributed by atoms with van der Waals surface area (Å²) in [7, 11) is 1.36. The molecule has 2 N–H and O–H groups in total. The van der Waals surface area contributed by atoms with E-state index < -0.39 is 0 Å². The van der Waals surface area contributed by atoms with E-state index in [9.17, 15) is 4.79 Å². The van der Waals surface area contributed by atoms with Gasteiger partial charge in [0, 0.05) is 5.69 Å². The minimum Gasteiger partial charge on any atom is -0.468 e. The Bertz CT molecular complexity index is 504. The van der Waals surface area contributed by atoms with Crippen LogP contribution in [-0.4, -0.2) is 22.6 Å². The predicted octanol–water partition coefficient (Wildman–Crippen LogP) is 0.791. The molecule has 15 heavy (non-hydrogen) atoms. The Labute approximate surface area is 86.5 Å². The number of hydrogen-bond donors (Lipinski definition) is 1. The molecular formula is C10H11N3O2. The summed E-state index contributed by atoms with van der Waals surface area (Å²) in [6.45, 7) is 0.164. The van der Waals surface area contributed by atoms with Crippen LogP contribution in [0.15, 0.2) is 24.5 Å². The van der Waals surface area contributed by atoms with Gasteiger partial charge < -0.3 is 15.0 Å². The summed E-state index contributed by atoms with van der Waals surface area (Å²) < 4.78 is 6.31. The molecule has 0 aliphatic carbocycles. The molecule has 78 valence electrons. The fourth-order valence-corrected chi connectivity index (χ4v) is 1.41. The highest BCUT2D eigenvalue weighted by Crippen LogP contribution is 2.15. The number of ether oxygens (including phenoxy) is 1. The van der Waals surface area contributed by atoms with Crippen LogP contribution in [0.2, 0.25) is 0 Å². The van der Waals surface area contributed by atoms with Crippen molar-refractivity contribution < 1.29 is 9.53 Å². The van der Waals surface area contributed by atoms with Crippen molar-refractivity contribution >= 4 is 22.7 Å². The Morgan fingerprint density at radius 1 is 1.60 bits per heavy atom. The van der Waals surface area contributed by atoms with Crippen LogP contribution in [0.25, 0.3) is 11.0 Å². The molecule has 5 nitrogen and oxygen atoms in total. The molecule has 2 aromatic rings. The number of fused-ring (bicyclic) bond motifs is 1. The molecule has 1 heterocycles. The molecule has 0 spiro atoms. The summed E-state index contributed by atoms with van der Waals surface area (Å²) in [5.74, 6) is -0.300. The molecule has 0 amide bonds. The van der Waals surface area contributed by atoms with Gasteiger partial charge >= 0.3 is 5.97 Å². The van der Waals surface area contributed by atoms with E-state index in [0.29, 0.717) is 5.69 Å². The highest BCUT2D eigenvalue weighted by molar-refractivity contribution is 5.80. The van der Waals surface area contributed by atoms with Crippen LogP contribution in [0.5, 0.6) is 0 Å². The topological polar surface area (TPSA) is 70.1 Å². The van der Waals surface area contributed by atoms with E-state index in [4.69, 9.17) is 5.73 Å². The summed E-state index contributed by atoms with van der Waals surface area (Å²) in [5.41, 5.74) is 7.92. The number of anilines is 1. The summed E-state index contributed by atoms with van der Waals surface area (Å²) in [6.07, 6.45) is 1.60. The molecule has 2 rings (SSSR count). The number of nitrogens with zero attached hydrogens (tertiary/aromatic N) is 2. The fraction of sp³-hybridized carbons (Fsp3) is 0.200. The van der Waals surface area contributed by atoms with Crippen LogP contribution in [0.3, 0.4) is 0 Å². The van der Waals surface area contributed by atoms with Crippen LogP contribution in [-0.2, 0) is 16.1 Å². The second kappa shape index (κ2) is 3.61. The van der Waals surface area contributed by atoms with Crippen molar-refractivity contribution in [1.29, 1.82) is 0 Å². The fourth-order valence-electron chi connectivity index (χ4n) is 1.41. The highest BCUT2D eigenvalue weighted by atomic mass is 16.5. The van der Waals surface area contributed by atoms with Crippen molar-refractivity contribution in [2.75, 3.05) is 12.8 Å². The van der Waals surface area contributed by atoms with Gasteiger partial charge in [0.1, 0.15) is 6.54 Å². The van der Waals surface area contributed by atoms with Crippen LogP contribution in [0.1, 0.15) is 0 Å². The quantitative estimate of drug-likeness (QED) is 0.581. The van der Waals surface area contributed by atoms with E-state index in [1.54, 1.807) is 23.0 Å². The molecule has 0 fully saturated rings. The second-order valence-corrected chi connectivity index (χ2v) is 3.20. The lowest BCUT2D eigenvalue weighted by atomic mass is 10.3. The van der Waals surface area contributed by atoms with Crippen LogP contribution in [0.4, 0.5) is 5.69 Å². The second-order valence-electron chi connectivity index (χ2n) is 3.20. The van der Waals surface area contributed by atoms with E-state index in [0.717, 1.165) is 11.0 Å². The van der Waals surface area contributed by atoms with Crippen molar-refractivity contribution in [3.63, 3.8) is 0 Å². The summed E-state index contributed by atoms with van der Waals surface area (Å²) in [5, 5.41) is 0. The lowest BCUT2D eigenvalue weighted by Crippen LogP contribution is -2.10.